The van der Waals surface area contributed by atoms with E-state index in [1.807, 2.05) is 44.9 Å². The Morgan fingerprint density at radius 3 is 1.60 bits per heavy atom. The van der Waals surface area contributed by atoms with Crippen molar-refractivity contribution >= 4 is 6.91 Å². The van der Waals surface area contributed by atoms with Crippen molar-refractivity contribution < 1.29 is 0 Å². The van der Waals surface area contributed by atoms with Gasteiger partial charge in [-0.3, -0.25) is 0 Å². The topological polar surface area (TPSA) is 16.1 Å². The molecular weight excluding hydrogens is 123 g/mol. The van der Waals surface area contributed by atoms with Gasteiger partial charge < -0.3 is 4.90 Å². The molecule has 0 aliphatic carbocycles. The van der Waals surface area contributed by atoms with E-state index in [0.717, 1.165) is 0 Å². The molecule has 54 valence electrons. The summed E-state index contributed by atoms with van der Waals surface area (Å²) in [4.78, 5) is 5.78. The van der Waals surface area contributed by atoms with Gasteiger partial charge in [0.1, 0.15) is 0 Å². The first-order valence-electron chi connectivity index (χ1n) is 3.19. The quantitative estimate of drug-likeness (QED) is 0.519. The van der Waals surface area contributed by atoms with Crippen molar-refractivity contribution in [2.24, 2.45) is 0 Å². The summed E-state index contributed by atoms with van der Waals surface area (Å²) in [6.45, 7) is 1.94. The predicted octanol–water partition coefficient (Wildman–Crippen LogP) is 0.597. The molecule has 0 amide bonds. The van der Waals surface area contributed by atoms with Crippen LogP contribution in [0.25, 0.3) is 0 Å². The molecule has 1 aromatic rings. The molecule has 0 saturated carbocycles. The van der Waals surface area contributed by atoms with E-state index >= 15 is 0 Å². The number of aromatic nitrogens is 1. The zero-order chi connectivity index (χ0) is 7.82. The minimum atomic E-state index is 1.75. The summed E-state index contributed by atoms with van der Waals surface area (Å²) in [7, 11) is 6.00. The van der Waals surface area contributed by atoms with Crippen LogP contribution in [-0.4, -0.2) is 37.9 Å². The molecule has 0 unspecified atom stereocenters. The SMILES string of the molecule is CN(C)C.b1ccncc1. The van der Waals surface area contributed by atoms with Crippen LogP contribution in [0.2, 0.25) is 0 Å². The van der Waals surface area contributed by atoms with E-state index in [0.29, 0.717) is 0 Å². The van der Waals surface area contributed by atoms with Crippen molar-refractivity contribution in [1.29, 1.82) is 0 Å². The zero-order valence-electron chi connectivity index (χ0n) is 6.78. The van der Waals surface area contributed by atoms with Crippen LogP contribution in [0, 0.1) is 0 Å². The molecule has 0 atom stereocenters. The zero-order valence-corrected chi connectivity index (χ0v) is 6.78. The molecule has 0 fully saturated rings. The molecule has 0 radical (unpaired) electrons. The van der Waals surface area contributed by atoms with E-state index in [4.69, 9.17) is 0 Å². The van der Waals surface area contributed by atoms with E-state index < -0.39 is 0 Å². The summed E-state index contributed by atoms with van der Waals surface area (Å²) >= 11 is 0. The summed E-state index contributed by atoms with van der Waals surface area (Å²) in [6.07, 6.45) is 3.50. The minimum absolute atomic E-state index is 1.75. The Morgan fingerprint density at radius 2 is 1.50 bits per heavy atom. The molecule has 1 aromatic heterocycles. The average Bonchev–Trinajstić information content (AvgIpc) is 1.90. The second-order valence-electron chi connectivity index (χ2n) is 2.37. The Bertz CT molecular complexity index is 112. The van der Waals surface area contributed by atoms with Crippen molar-refractivity contribution in [1.82, 2.24) is 9.88 Å². The Labute approximate surface area is 63.1 Å². The van der Waals surface area contributed by atoms with Crippen molar-refractivity contribution in [3.05, 3.63) is 24.3 Å². The fourth-order valence-corrected chi connectivity index (χ4v) is 0.313. The normalized spacial score (nSPS) is 8.00. The van der Waals surface area contributed by atoms with Gasteiger partial charge in [0.25, 0.3) is 0 Å². The Morgan fingerprint density at radius 1 is 1.10 bits per heavy atom. The van der Waals surface area contributed by atoms with Crippen molar-refractivity contribution in [2.45, 2.75) is 0 Å². The summed E-state index contributed by atoms with van der Waals surface area (Å²) < 4.78 is 0. The summed E-state index contributed by atoms with van der Waals surface area (Å²) in [6, 6.07) is 0. The van der Waals surface area contributed by atoms with Crippen LogP contribution in [-0.2, 0) is 0 Å². The monoisotopic (exact) mass is 136 g/mol. The van der Waals surface area contributed by atoms with Gasteiger partial charge in [0.15, 0.2) is 0 Å². The number of hydrogen-bond donors (Lipinski definition) is 0. The molecule has 2 nitrogen and oxygen atoms in total. The maximum atomic E-state index is 3.78. The molecule has 0 aliphatic rings. The number of hydrogen-bond acceptors (Lipinski definition) is 2. The second-order valence-corrected chi connectivity index (χ2v) is 2.37. The predicted molar refractivity (Wildman–Crippen MR) is 45.2 cm³/mol. The van der Waals surface area contributed by atoms with E-state index in [1.54, 1.807) is 12.4 Å². The molecule has 0 bridgehead atoms. The second kappa shape index (κ2) is 6.43. The molecule has 0 N–H and O–H groups in total. The standard InChI is InChI=1S/C4H4BN.C3H9N/c1-3-6-4-2-5-1;1-4(2)3/h1-4H;1-3H3. The Hall–Kier alpha value is -0.695. The van der Waals surface area contributed by atoms with Gasteiger partial charge in [-0.15, -0.1) is 0 Å². The molecule has 0 aromatic carbocycles. The first-order valence-corrected chi connectivity index (χ1v) is 3.19. The molecule has 1 rings (SSSR count). The van der Waals surface area contributed by atoms with Gasteiger partial charge in [0, 0.05) is 0 Å². The van der Waals surface area contributed by atoms with Crippen LogP contribution in [0.4, 0.5) is 0 Å². The van der Waals surface area contributed by atoms with Gasteiger partial charge >= 0.3 is 36.2 Å². The van der Waals surface area contributed by atoms with Crippen LogP contribution >= 0.6 is 0 Å². The fourth-order valence-electron chi connectivity index (χ4n) is 0.313. The van der Waals surface area contributed by atoms with Crippen molar-refractivity contribution in [3.8, 4) is 0 Å². The Balaban J connectivity index is 0.000000180. The van der Waals surface area contributed by atoms with E-state index in [9.17, 15) is 0 Å². The van der Waals surface area contributed by atoms with E-state index in [-0.39, 0.29) is 0 Å². The van der Waals surface area contributed by atoms with Gasteiger partial charge in [0.2, 0.25) is 0 Å². The third-order valence-electron chi connectivity index (χ3n) is 0.566. The number of rotatable bonds is 0. The first-order chi connectivity index (χ1) is 4.73. The molecule has 1 heterocycles. The molecule has 0 spiro atoms. The fraction of sp³-hybridized carbons (Fsp3) is 0.429. The number of nitrogens with zero attached hydrogens (tertiary/aromatic N) is 2. The molecule has 0 aliphatic heterocycles. The van der Waals surface area contributed by atoms with Gasteiger partial charge in [-0.2, -0.15) is 0 Å². The molecular formula is C7H13BN2. The van der Waals surface area contributed by atoms with Crippen LogP contribution in [0.1, 0.15) is 0 Å². The van der Waals surface area contributed by atoms with Crippen molar-refractivity contribution in [3.63, 3.8) is 0 Å². The first kappa shape index (κ1) is 9.30. The van der Waals surface area contributed by atoms with Crippen molar-refractivity contribution in [2.75, 3.05) is 21.1 Å². The third-order valence-corrected chi connectivity index (χ3v) is 0.566. The Kier molecular flexibility index (Phi) is 5.98. The van der Waals surface area contributed by atoms with Gasteiger partial charge in [0.05, 0.1) is 0 Å². The average molecular weight is 136 g/mol. The third kappa shape index (κ3) is 10.3. The van der Waals surface area contributed by atoms with E-state index in [1.165, 1.54) is 0 Å². The van der Waals surface area contributed by atoms with E-state index in [2.05, 4.69) is 4.98 Å². The molecule has 10 heavy (non-hydrogen) atoms. The van der Waals surface area contributed by atoms with Gasteiger partial charge in [-0.05, 0) is 21.1 Å². The van der Waals surface area contributed by atoms with Crippen LogP contribution in [0.5, 0.6) is 0 Å². The van der Waals surface area contributed by atoms with Crippen LogP contribution in [0.3, 0.4) is 0 Å². The van der Waals surface area contributed by atoms with Crippen LogP contribution in [0.15, 0.2) is 24.3 Å². The summed E-state index contributed by atoms with van der Waals surface area (Å²) in [5, 5.41) is 0. The van der Waals surface area contributed by atoms with Gasteiger partial charge in [-0.1, -0.05) is 0 Å². The summed E-state index contributed by atoms with van der Waals surface area (Å²) in [5.41, 5.74) is 0. The maximum absolute atomic E-state index is 3.78. The van der Waals surface area contributed by atoms with Crippen LogP contribution < -0.4 is 0 Å². The molecule has 3 heteroatoms. The van der Waals surface area contributed by atoms with Gasteiger partial charge in [-0.25, -0.2) is 0 Å². The molecule has 0 saturated heterocycles. The summed E-state index contributed by atoms with van der Waals surface area (Å²) in [5.74, 6) is 3.78.